The van der Waals surface area contributed by atoms with Crippen LogP contribution in [0.4, 0.5) is 16.0 Å². The van der Waals surface area contributed by atoms with E-state index in [2.05, 4.69) is 25.9 Å². The lowest BCUT2D eigenvalue weighted by atomic mass is 10.0. The molecule has 2 aliphatic heterocycles. The number of alkyl halides is 1. The minimum atomic E-state index is -1.18. The van der Waals surface area contributed by atoms with Crippen molar-refractivity contribution in [3.63, 3.8) is 0 Å². The fraction of sp³-hybridized carbons (Fsp3) is 0.333. The Morgan fingerprint density at radius 3 is 2.77 bits per heavy atom. The zero-order valence-corrected chi connectivity index (χ0v) is 23.4. The molecule has 40 heavy (non-hydrogen) atoms. The molecule has 0 radical (unpaired) electrons. The molecule has 0 saturated carbocycles. The molecule has 1 aromatic heterocycles. The topological polar surface area (TPSA) is 118 Å². The van der Waals surface area contributed by atoms with Gasteiger partial charge in [0.05, 0.1) is 47.2 Å². The summed E-state index contributed by atoms with van der Waals surface area (Å²) in [5.41, 5.74) is 1.74. The summed E-state index contributed by atoms with van der Waals surface area (Å²) >= 11 is 12.8. The number of carbonyl (C=O) groups is 2. The van der Waals surface area contributed by atoms with Gasteiger partial charge in [-0.3, -0.25) is 9.59 Å². The predicted molar refractivity (Wildman–Crippen MR) is 149 cm³/mol. The summed E-state index contributed by atoms with van der Waals surface area (Å²) < 4.78 is 25.9. The Morgan fingerprint density at radius 1 is 1.23 bits per heavy atom. The van der Waals surface area contributed by atoms with Gasteiger partial charge < -0.3 is 30.3 Å². The van der Waals surface area contributed by atoms with Gasteiger partial charge in [-0.05, 0) is 44.2 Å². The van der Waals surface area contributed by atoms with Gasteiger partial charge in [-0.15, -0.1) is 0 Å². The van der Waals surface area contributed by atoms with E-state index >= 15 is 0 Å². The second-order valence-corrected chi connectivity index (χ2v) is 10.5. The van der Waals surface area contributed by atoms with Gasteiger partial charge in [-0.2, -0.15) is 4.98 Å². The minimum Gasteiger partial charge on any atom is -0.495 e. The molecule has 3 heterocycles. The monoisotopic (exact) mass is 588 g/mol. The number of rotatable bonds is 7. The fourth-order valence-corrected chi connectivity index (χ4v) is 5.13. The van der Waals surface area contributed by atoms with E-state index in [1.54, 1.807) is 12.1 Å². The SMILES string of the molecule is COc1cc(C(=O)N[C@H]2CCN(C)C[C@H]2F)c(Cl)cc1Nc1ncc(Cl)c(Oc2cccc3c2C(=O)N[C@H]3C)n1. The Labute approximate surface area is 240 Å². The van der Waals surface area contributed by atoms with Crippen molar-refractivity contribution in [1.29, 1.82) is 0 Å². The molecular weight excluding hydrogens is 562 g/mol. The summed E-state index contributed by atoms with van der Waals surface area (Å²) in [6.07, 6.45) is 0.659. The van der Waals surface area contributed by atoms with Gasteiger partial charge in [0.25, 0.3) is 11.8 Å². The lowest BCUT2D eigenvalue weighted by Crippen LogP contribution is -2.51. The van der Waals surface area contributed by atoms with Crippen molar-refractivity contribution in [3.05, 3.63) is 63.3 Å². The molecule has 2 aliphatic rings. The van der Waals surface area contributed by atoms with Crippen LogP contribution in [0, 0.1) is 0 Å². The number of ether oxygens (including phenoxy) is 2. The highest BCUT2D eigenvalue weighted by Crippen LogP contribution is 2.37. The minimum absolute atomic E-state index is 0.0277. The first-order valence-electron chi connectivity index (χ1n) is 12.6. The lowest BCUT2D eigenvalue weighted by Gasteiger charge is -2.32. The third-order valence-corrected chi connectivity index (χ3v) is 7.43. The Bertz CT molecular complexity index is 1480. The molecule has 0 spiro atoms. The van der Waals surface area contributed by atoms with E-state index in [0.717, 1.165) is 5.56 Å². The van der Waals surface area contributed by atoms with Crippen molar-refractivity contribution in [2.24, 2.45) is 0 Å². The van der Waals surface area contributed by atoms with Crippen LogP contribution in [0.2, 0.25) is 10.0 Å². The molecule has 13 heteroatoms. The molecule has 10 nitrogen and oxygen atoms in total. The molecule has 3 aromatic rings. The number of hydrogen-bond donors (Lipinski definition) is 3. The van der Waals surface area contributed by atoms with Gasteiger partial charge in [0.15, 0.2) is 0 Å². The smallest absolute Gasteiger partial charge is 0.255 e. The molecule has 210 valence electrons. The summed E-state index contributed by atoms with van der Waals surface area (Å²) in [6, 6.07) is 7.49. The summed E-state index contributed by atoms with van der Waals surface area (Å²) in [5, 5.41) is 8.84. The zero-order valence-electron chi connectivity index (χ0n) is 21.9. The number of halogens is 3. The summed E-state index contributed by atoms with van der Waals surface area (Å²) in [6.45, 7) is 2.81. The molecule has 5 rings (SSSR count). The fourth-order valence-electron chi connectivity index (χ4n) is 4.75. The van der Waals surface area contributed by atoms with E-state index < -0.39 is 18.1 Å². The molecular formula is C27H27Cl2FN6O4. The van der Waals surface area contributed by atoms with Crippen LogP contribution < -0.4 is 25.4 Å². The van der Waals surface area contributed by atoms with E-state index in [-0.39, 0.29) is 51.7 Å². The van der Waals surface area contributed by atoms with Crippen molar-refractivity contribution in [2.45, 2.75) is 31.6 Å². The number of piperidine rings is 1. The second-order valence-electron chi connectivity index (χ2n) is 9.67. The highest BCUT2D eigenvalue weighted by molar-refractivity contribution is 6.34. The number of aromatic nitrogens is 2. The third-order valence-electron chi connectivity index (χ3n) is 6.86. The van der Waals surface area contributed by atoms with Crippen LogP contribution in [-0.2, 0) is 0 Å². The van der Waals surface area contributed by atoms with Gasteiger partial charge in [0.1, 0.15) is 22.7 Å². The van der Waals surface area contributed by atoms with Gasteiger partial charge in [-0.1, -0.05) is 35.3 Å². The molecule has 0 unspecified atom stereocenters. The quantitative estimate of drug-likeness (QED) is 0.356. The highest BCUT2D eigenvalue weighted by atomic mass is 35.5. The maximum Gasteiger partial charge on any atom is 0.255 e. The standard InChI is InChI=1S/C27H27Cl2FN6O4/c1-13-14-5-4-6-21(23(14)25(38)32-13)40-26-17(29)11-31-27(35-26)34-20-10-16(28)15(9-22(20)39-3)24(37)33-19-7-8-36(2)12-18(19)30/h4-6,9-11,13,18-19H,7-8,12H2,1-3H3,(H,32,38)(H,33,37)(H,31,34,35)/t13-,18+,19-/m0/s1. The van der Waals surface area contributed by atoms with Gasteiger partial charge in [0.2, 0.25) is 11.8 Å². The highest BCUT2D eigenvalue weighted by Gasteiger charge is 2.31. The van der Waals surface area contributed by atoms with Crippen molar-refractivity contribution >= 4 is 46.7 Å². The number of hydrogen-bond acceptors (Lipinski definition) is 8. The number of benzene rings is 2. The van der Waals surface area contributed by atoms with Crippen LogP contribution in [0.5, 0.6) is 17.4 Å². The number of carbonyl (C=O) groups excluding carboxylic acids is 2. The van der Waals surface area contributed by atoms with Gasteiger partial charge >= 0.3 is 0 Å². The average molecular weight is 589 g/mol. The van der Waals surface area contributed by atoms with Gasteiger partial charge in [-0.25, -0.2) is 9.37 Å². The van der Waals surface area contributed by atoms with E-state index in [1.165, 1.54) is 25.4 Å². The molecule has 1 saturated heterocycles. The number of likely N-dealkylation sites (tertiary alicyclic amines) is 1. The van der Waals surface area contributed by atoms with E-state index in [0.29, 0.717) is 30.0 Å². The second kappa shape index (κ2) is 11.4. The average Bonchev–Trinajstić information content (AvgIpc) is 3.21. The number of methoxy groups -OCH3 is 1. The van der Waals surface area contributed by atoms with E-state index in [4.69, 9.17) is 32.7 Å². The number of amides is 2. The first-order valence-corrected chi connectivity index (χ1v) is 13.3. The Kier molecular flexibility index (Phi) is 7.97. The molecule has 2 amide bonds. The van der Waals surface area contributed by atoms with E-state index in [9.17, 15) is 14.0 Å². The van der Waals surface area contributed by atoms with Crippen LogP contribution in [0.1, 0.15) is 45.7 Å². The maximum absolute atomic E-state index is 14.4. The lowest BCUT2D eigenvalue weighted by molar-refractivity contribution is 0.0821. The van der Waals surface area contributed by atoms with E-state index in [1.807, 2.05) is 24.9 Å². The largest absolute Gasteiger partial charge is 0.495 e. The molecule has 2 aromatic carbocycles. The van der Waals surface area contributed by atoms with Crippen LogP contribution in [-0.4, -0.2) is 66.1 Å². The van der Waals surface area contributed by atoms with Gasteiger partial charge in [0, 0.05) is 13.1 Å². The number of fused-ring (bicyclic) bond motifs is 1. The molecule has 3 N–H and O–H groups in total. The first kappa shape index (κ1) is 27.9. The summed E-state index contributed by atoms with van der Waals surface area (Å²) in [4.78, 5) is 35.8. The maximum atomic E-state index is 14.4. The van der Waals surface area contributed by atoms with Crippen LogP contribution in [0.15, 0.2) is 36.5 Å². The van der Waals surface area contributed by atoms with Crippen molar-refractivity contribution in [2.75, 3.05) is 32.6 Å². The Balaban J connectivity index is 1.36. The van der Waals surface area contributed by atoms with Crippen LogP contribution in [0.25, 0.3) is 0 Å². The first-order chi connectivity index (χ1) is 19.1. The number of anilines is 2. The van der Waals surface area contributed by atoms with Crippen molar-refractivity contribution in [1.82, 2.24) is 25.5 Å². The van der Waals surface area contributed by atoms with Crippen LogP contribution >= 0.6 is 23.2 Å². The molecule has 1 fully saturated rings. The summed E-state index contributed by atoms with van der Waals surface area (Å²) in [5.74, 6) is -0.0330. The third kappa shape index (κ3) is 5.63. The van der Waals surface area contributed by atoms with Crippen molar-refractivity contribution in [3.8, 4) is 17.4 Å². The Morgan fingerprint density at radius 2 is 2.02 bits per heavy atom. The molecule has 3 atom stereocenters. The molecule has 0 bridgehead atoms. The number of nitrogens with zero attached hydrogens (tertiary/aromatic N) is 3. The van der Waals surface area contributed by atoms with Crippen LogP contribution in [0.3, 0.4) is 0 Å². The predicted octanol–water partition coefficient (Wildman–Crippen LogP) is 4.90. The molecule has 0 aliphatic carbocycles. The number of nitrogens with one attached hydrogen (secondary N) is 3. The normalized spacial score (nSPS) is 20.4. The van der Waals surface area contributed by atoms with Crippen molar-refractivity contribution < 1.29 is 23.5 Å². The summed E-state index contributed by atoms with van der Waals surface area (Å²) in [7, 11) is 3.27. The zero-order chi connectivity index (χ0) is 28.6. The Hall–Kier alpha value is -3.67.